The Kier molecular flexibility index (Phi) is 4.30. The standard InChI is InChI=1S/C10H16N2O4S/c1-7(2)5-9(10(13)14)12-17(15,16)8-3-4-11-6-8/h3-4,6-7,9,11-12H,5H2,1-2H3,(H,13,14)/t9-/m1/s1. The lowest BCUT2D eigenvalue weighted by Gasteiger charge is -2.15. The minimum Gasteiger partial charge on any atom is -0.480 e. The van der Waals surface area contributed by atoms with Gasteiger partial charge in [-0.1, -0.05) is 13.8 Å². The van der Waals surface area contributed by atoms with Crippen LogP contribution in [0.2, 0.25) is 0 Å². The van der Waals surface area contributed by atoms with Crippen molar-refractivity contribution in [3.63, 3.8) is 0 Å². The SMILES string of the molecule is CC(C)C[C@@H](NS(=O)(=O)c1cc[nH]c1)C(=O)O. The molecule has 0 radical (unpaired) electrons. The van der Waals surface area contributed by atoms with Gasteiger partial charge in [0.25, 0.3) is 0 Å². The summed E-state index contributed by atoms with van der Waals surface area (Å²) in [6, 6.07) is 0.270. The number of carboxylic acids is 1. The van der Waals surface area contributed by atoms with Crippen molar-refractivity contribution in [2.24, 2.45) is 5.92 Å². The molecule has 0 saturated carbocycles. The first-order valence-electron chi connectivity index (χ1n) is 5.21. The Morgan fingerprint density at radius 2 is 2.18 bits per heavy atom. The first-order chi connectivity index (χ1) is 7.83. The van der Waals surface area contributed by atoms with Crippen LogP contribution >= 0.6 is 0 Å². The maximum Gasteiger partial charge on any atom is 0.321 e. The summed E-state index contributed by atoms with van der Waals surface area (Å²) in [5.74, 6) is -1.08. The van der Waals surface area contributed by atoms with E-state index in [1.165, 1.54) is 18.5 Å². The molecule has 0 aliphatic carbocycles. The molecule has 0 amide bonds. The number of carboxylic acid groups (broad SMARTS) is 1. The number of nitrogens with one attached hydrogen (secondary N) is 2. The predicted molar refractivity (Wildman–Crippen MR) is 62.0 cm³/mol. The summed E-state index contributed by atoms with van der Waals surface area (Å²) in [5, 5.41) is 8.95. The smallest absolute Gasteiger partial charge is 0.321 e. The molecule has 0 aliphatic heterocycles. The Hall–Kier alpha value is -1.34. The van der Waals surface area contributed by atoms with Crippen LogP contribution in [0.1, 0.15) is 20.3 Å². The number of rotatable bonds is 6. The van der Waals surface area contributed by atoms with Crippen LogP contribution in [0.3, 0.4) is 0 Å². The van der Waals surface area contributed by atoms with Crippen LogP contribution in [0.25, 0.3) is 0 Å². The van der Waals surface area contributed by atoms with Crippen LogP contribution in [-0.4, -0.2) is 30.5 Å². The van der Waals surface area contributed by atoms with Crippen LogP contribution in [0.5, 0.6) is 0 Å². The molecule has 6 nitrogen and oxygen atoms in total. The van der Waals surface area contributed by atoms with Crippen molar-refractivity contribution >= 4 is 16.0 Å². The summed E-state index contributed by atoms with van der Waals surface area (Å²) in [4.78, 5) is 13.6. The second-order valence-electron chi connectivity index (χ2n) is 4.19. The molecule has 1 heterocycles. The van der Waals surface area contributed by atoms with Crippen molar-refractivity contribution < 1.29 is 18.3 Å². The average molecular weight is 260 g/mol. The van der Waals surface area contributed by atoms with Gasteiger partial charge in [0, 0.05) is 12.4 Å². The topological polar surface area (TPSA) is 99.3 Å². The summed E-state index contributed by atoms with van der Waals surface area (Å²) in [6.07, 6.45) is 3.02. The molecular formula is C10H16N2O4S. The van der Waals surface area contributed by atoms with E-state index in [9.17, 15) is 13.2 Å². The van der Waals surface area contributed by atoms with Gasteiger partial charge in [-0.3, -0.25) is 4.79 Å². The lowest BCUT2D eigenvalue weighted by molar-refractivity contribution is -0.139. The molecule has 1 atom stereocenters. The monoisotopic (exact) mass is 260 g/mol. The fraction of sp³-hybridized carbons (Fsp3) is 0.500. The van der Waals surface area contributed by atoms with Gasteiger partial charge in [0.1, 0.15) is 6.04 Å². The number of hydrogen-bond acceptors (Lipinski definition) is 3. The number of sulfonamides is 1. The van der Waals surface area contributed by atoms with Gasteiger partial charge in [-0.25, -0.2) is 8.42 Å². The Balaban J connectivity index is 2.84. The zero-order chi connectivity index (χ0) is 13.1. The largest absolute Gasteiger partial charge is 0.480 e. The summed E-state index contributed by atoms with van der Waals surface area (Å²) in [5.41, 5.74) is 0. The van der Waals surface area contributed by atoms with Crippen molar-refractivity contribution in [2.45, 2.75) is 31.2 Å². The summed E-state index contributed by atoms with van der Waals surface area (Å²) in [7, 11) is -3.77. The third kappa shape index (κ3) is 3.86. The number of hydrogen-bond donors (Lipinski definition) is 3. The zero-order valence-electron chi connectivity index (χ0n) is 9.67. The number of aromatic amines is 1. The van der Waals surface area contributed by atoms with E-state index in [0.29, 0.717) is 0 Å². The molecule has 0 spiro atoms. The molecule has 0 bridgehead atoms. The first kappa shape index (κ1) is 13.7. The first-order valence-corrected chi connectivity index (χ1v) is 6.69. The Morgan fingerprint density at radius 3 is 2.59 bits per heavy atom. The van der Waals surface area contributed by atoms with Gasteiger partial charge >= 0.3 is 5.97 Å². The quantitative estimate of drug-likeness (QED) is 0.704. The second-order valence-corrected chi connectivity index (χ2v) is 5.90. The molecule has 0 aromatic carbocycles. The third-order valence-electron chi connectivity index (χ3n) is 2.18. The molecule has 1 aromatic heterocycles. The molecule has 0 saturated heterocycles. The minimum atomic E-state index is -3.77. The molecule has 1 rings (SSSR count). The lowest BCUT2D eigenvalue weighted by Crippen LogP contribution is -2.41. The van der Waals surface area contributed by atoms with Gasteiger partial charge in [-0.15, -0.1) is 0 Å². The summed E-state index contributed by atoms with van der Waals surface area (Å²) in [6.45, 7) is 3.67. The van der Waals surface area contributed by atoms with Crippen molar-refractivity contribution in [2.75, 3.05) is 0 Å². The lowest BCUT2D eigenvalue weighted by atomic mass is 10.1. The Labute approximate surface area is 100 Å². The molecule has 0 aliphatic rings. The number of aromatic nitrogens is 1. The molecule has 0 fully saturated rings. The van der Waals surface area contributed by atoms with Crippen LogP contribution in [0.15, 0.2) is 23.4 Å². The van der Waals surface area contributed by atoms with Crippen LogP contribution in [-0.2, 0) is 14.8 Å². The van der Waals surface area contributed by atoms with E-state index in [2.05, 4.69) is 9.71 Å². The summed E-state index contributed by atoms with van der Waals surface area (Å²) < 4.78 is 25.8. The molecule has 96 valence electrons. The second kappa shape index (κ2) is 5.33. The fourth-order valence-corrected chi connectivity index (χ4v) is 2.58. The molecular weight excluding hydrogens is 244 g/mol. The van der Waals surface area contributed by atoms with E-state index < -0.39 is 22.0 Å². The van der Waals surface area contributed by atoms with E-state index >= 15 is 0 Å². The normalized spacial score (nSPS) is 13.8. The van der Waals surface area contributed by atoms with E-state index in [1.807, 2.05) is 13.8 Å². The average Bonchev–Trinajstić information content (AvgIpc) is 2.68. The molecule has 0 unspecified atom stereocenters. The number of H-pyrrole nitrogens is 1. The summed E-state index contributed by atoms with van der Waals surface area (Å²) >= 11 is 0. The maximum atomic E-state index is 11.8. The third-order valence-corrected chi connectivity index (χ3v) is 3.65. The van der Waals surface area contributed by atoms with Gasteiger partial charge in [0.15, 0.2) is 0 Å². The molecule has 7 heteroatoms. The predicted octanol–water partition coefficient (Wildman–Crippen LogP) is 0.792. The van der Waals surface area contributed by atoms with Crippen LogP contribution in [0.4, 0.5) is 0 Å². The highest BCUT2D eigenvalue weighted by Crippen LogP contribution is 2.11. The Bertz CT molecular complexity index is 465. The fourth-order valence-electron chi connectivity index (χ4n) is 1.40. The van der Waals surface area contributed by atoms with Crippen molar-refractivity contribution in [3.05, 3.63) is 18.5 Å². The van der Waals surface area contributed by atoms with Gasteiger partial charge in [0.2, 0.25) is 10.0 Å². The highest BCUT2D eigenvalue weighted by molar-refractivity contribution is 7.89. The van der Waals surface area contributed by atoms with E-state index in [1.54, 1.807) is 0 Å². The van der Waals surface area contributed by atoms with Gasteiger partial charge in [-0.05, 0) is 18.4 Å². The molecule has 17 heavy (non-hydrogen) atoms. The van der Waals surface area contributed by atoms with E-state index in [4.69, 9.17) is 5.11 Å². The maximum absolute atomic E-state index is 11.8. The van der Waals surface area contributed by atoms with Crippen LogP contribution < -0.4 is 4.72 Å². The van der Waals surface area contributed by atoms with Crippen molar-refractivity contribution in [1.82, 2.24) is 9.71 Å². The highest BCUT2D eigenvalue weighted by atomic mass is 32.2. The molecule has 3 N–H and O–H groups in total. The van der Waals surface area contributed by atoms with E-state index in [0.717, 1.165) is 0 Å². The van der Waals surface area contributed by atoms with Crippen LogP contribution in [0, 0.1) is 5.92 Å². The Morgan fingerprint density at radius 1 is 1.53 bits per heavy atom. The van der Waals surface area contributed by atoms with Gasteiger partial charge in [0.05, 0.1) is 4.90 Å². The highest BCUT2D eigenvalue weighted by Gasteiger charge is 2.26. The van der Waals surface area contributed by atoms with E-state index in [-0.39, 0.29) is 17.2 Å². The number of aliphatic carboxylic acids is 1. The molecule has 1 aromatic rings. The van der Waals surface area contributed by atoms with Crippen molar-refractivity contribution in [3.8, 4) is 0 Å². The minimum absolute atomic E-state index is 0.0347. The van der Waals surface area contributed by atoms with Gasteiger partial charge in [-0.2, -0.15) is 4.72 Å². The zero-order valence-corrected chi connectivity index (χ0v) is 10.5. The van der Waals surface area contributed by atoms with Gasteiger partial charge < -0.3 is 10.1 Å². The van der Waals surface area contributed by atoms with Crippen molar-refractivity contribution in [1.29, 1.82) is 0 Å². The number of carbonyl (C=O) groups is 1.